The lowest BCUT2D eigenvalue weighted by Crippen LogP contribution is -2.12. The highest BCUT2D eigenvalue weighted by Crippen LogP contribution is 2.16. The highest BCUT2D eigenvalue weighted by atomic mass is 16.5. The Kier molecular flexibility index (Phi) is 3.19. The summed E-state index contributed by atoms with van der Waals surface area (Å²) in [7, 11) is 0. The van der Waals surface area contributed by atoms with Crippen LogP contribution in [0.2, 0.25) is 0 Å². The normalized spacial score (nSPS) is 20.2. The first kappa shape index (κ1) is 11.1. The van der Waals surface area contributed by atoms with E-state index in [0.717, 1.165) is 25.9 Å². The van der Waals surface area contributed by atoms with Gasteiger partial charge in [-0.15, -0.1) is 5.10 Å². The van der Waals surface area contributed by atoms with Crippen molar-refractivity contribution in [3.05, 3.63) is 11.4 Å². The standard InChI is InChI=1S/C10H15N3O3/c1-7-9(10(14)15)11-12-13(7)5-4-8-3-2-6-16-8/h8H,2-6H2,1H3,(H,14,15). The molecule has 1 aromatic heterocycles. The summed E-state index contributed by atoms with van der Waals surface area (Å²) in [6.07, 6.45) is 3.35. The maximum absolute atomic E-state index is 10.8. The second kappa shape index (κ2) is 4.61. The van der Waals surface area contributed by atoms with Crippen LogP contribution in [0.4, 0.5) is 0 Å². The number of nitrogens with zero attached hydrogens (tertiary/aromatic N) is 3. The molecule has 0 amide bonds. The number of rotatable bonds is 4. The van der Waals surface area contributed by atoms with Gasteiger partial charge in [-0.1, -0.05) is 5.21 Å². The van der Waals surface area contributed by atoms with Crippen molar-refractivity contribution < 1.29 is 14.6 Å². The Hall–Kier alpha value is -1.43. The number of carbonyl (C=O) groups is 1. The second-order valence-corrected chi connectivity index (χ2v) is 3.98. The molecule has 0 radical (unpaired) electrons. The van der Waals surface area contributed by atoms with Gasteiger partial charge in [0.1, 0.15) is 0 Å². The van der Waals surface area contributed by atoms with Crippen LogP contribution in [0.15, 0.2) is 0 Å². The molecule has 88 valence electrons. The summed E-state index contributed by atoms with van der Waals surface area (Å²) in [4.78, 5) is 10.8. The molecular weight excluding hydrogens is 210 g/mol. The lowest BCUT2D eigenvalue weighted by Gasteiger charge is -2.09. The van der Waals surface area contributed by atoms with Crippen LogP contribution in [0.25, 0.3) is 0 Å². The minimum absolute atomic E-state index is 0.0346. The number of carboxylic acid groups (broad SMARTS) is 1. The van der Waals surface area contributed by atoms with E-state index >= 15 is 0 Å². The Morgan fingerprint density at radius 1 is 1.69 bits per heavy atom. The summed E-state index contributed by atoms with van der Waals surface area (Å²) in [5.74, 6) is -1.03. The van der Waals surface area contributed by atoms with Gasteiger partial charge in [0, 0.05) is 13.2 Å². The SMILES string of the molecule is Cc1c(C(=O)O)nnn1CCC1CCCO1. The molecule has 0 aliphatic carbocycles. The lowest BCUT2D eigenvalue weighted by atomic mass is 10.2. The Morgan fingerprint density at radius 2 is 2.50 bits per heavy atom. The average molecular weight is 225 g/mol. The Bertz CT molecular complexity index is 383. The zero-order chi connectivity index (χ0) is 11.5. The smallest absolute Gasteiger partial charge is 0.358 e. The van der Waals surface area contributed by atoms with Crippen molar-refractivity contribution in [1.82, 2.24) is 15.0 Å². The van der Waals surface area contributed by atoms with Crippen molar-refractivity contribution in [2.75, 3.05) is 6.61 Å². The molecule has 1 atom stereocenters. The number of hydrogen-bond donors (Lipinski definition) is 1. The van der Waals surface area contributed by atoms with Crippen LogP contribution in [0.5, 0.6) is 0 Å². The zero-order valence-corrected chi connectivity index (χ0v) is 9.22. The minimum atomic E-state index is -1.03. The van der Waals surface area contributed by atoms with Crippen LogP contribution in [-0.2, 0) is 11.3 Å². The monoisotopic (exact) mass is 225 g/mol. The van der Waals surface area contributed by atoms with Crippen LogP contribution in [0, 0.1) is 6.92 Å². The lowest BCUT2D eigenvalue weighted by molar-refractivity contribution is 0.0689. The van der Waals surface area contributed by atoms with Crippen molar-refractivity contribution in [2.24, 2.45) is 0 Å². The topological polar surface area (TPSA) is 77.2 Å². The average Bonchev–Trinajstić information content (AvgIpc) is 2.84. The Balaban J connectivity index is 1.96. The molecule has 0 aromatic carbocycles. The fourth-order valence-electron chi connectivity index (χ4n) is 1.91. The molecule has 1 N–H and O–H groups in total. The molecule has 1 aliphatic rings. The third kappa shape index (κ3) is 2.21. The number of aromatic carboxylic acids is 1. The van der Waals surface area contributed by atoms with E-state index in [9.17, 15) is 4.79 Å². The van der Waals surface area contributed by atoms with Crippen LogP contribution in [0.3, 0.4) is 0 Å². The first-order valence-electron chi connectivity index (χ1n) is 5.43. The summed E-state index contributed by atoms with van der Waals surface area (Å²) in [6, 6.07) is 0. The van der Waals surface area contributed by atoms with E-state index in [1.54, 1.807) is 11.6 Å². The molecule has 1 fully saturated rings. The van der Waals surface area contributed by atoms with Crippen molar-refractivity contribution in [1.29, 1.82) is 0 Å². The summed E-state index contributed by atoms with van der Waals surface area (Å²) < 4.78 is 7.12. The number of aromatic nitrogens is 3. The number of hydrogen-bond acceptors (Lipinski definition) is 4. The molecule has 1 aromatic rings. The number of ether oxygens (including phenoxy) is 1. The van der Waals surface area contributed by atoms with Gasteiger partial charge in [-0.05, 0) is 26.2 Å². The zero-order valence-electron chi connectivity index (χ0n) is 9.22. The van der Waals surface area contributed by atoms with E-state index in [-0.39, 0.29) is 11.8 Å². The fraction of sp³-hybridized carbons (Fsp3) is 0.700. The Morgan fingerprint density at radius 3 is 3.06 bits per heavy atom. The van der Waals surface area contributed by atoms with Gasteiger partial charge in [0.05, 0.1) is 11.8 Å². The fourth-order valence-corrected chi connectivity index (χ4v) is 1.91. The molecule has 1 aliphatic heterocycles. The molecule has 0 spiro atoms. The van der Waals surface area contributed by atoms with Gasteiger partial charge < -0.3 is 9.84 Å². The van der Waals surface area contributed by atoms with Crippen molar-refractivity contribution >= 4 is 5.97 Å². The summed E-state index contributed by atoms with van der Waals surface area (Å²) in [6.45, 7) is 3.22. The van der Waals surface area contributed by atoms with Gasteiger partial charge in [0.25, 0.3) is 0 Å². The molecular formula is C10H15N3O3. The molecule has 1 saturated heterocycles. The maximum atomic E-state index is 10.8. The van der Waals surface area contributed by atoms with E-state index in [1.165, 1.54) is 0 Å². The highest BCUT2D eigenvalue weighted by Gasteiger charge is 2.18. The number of aryl methyl sites for hydroxylation is 1. The van der Waals surface area contributed by atoms with Crippen LogP contribution in [0.1, 0.15) is 35.4 Å². The van der Waals surface area contributed by atoms with Crippen molar-refractivity contribution in [3.8, 4) is 0 Å². The van der Waals surface area contributed by atoms with Gasteiger partial charge in [0.15, 0.2) is 5.69 Å². The van der Waals surface area contributed by atoms with E-state index < -0.39 is 5.97 Å². The molecule has 1 unspecified atom stereocenters. The third-order valence-electron chi connectivity index (χ3n) is 2.87. The maximum Gasteiger partial charge on any atom is 0.358 e. The van der Waals surface area contributed by atoms with Gasteiger partial charge in [-0.25, -0.2) is 9.48 Å². The second-order valence-electron chi connectivity index (χ2n) is 3.98. The highest BCUT2D eigenvalue weighted by molar-refractivity contribution is 5.86. The third-order valence-corrected chi connectivity index (χ3v) is 2.87. The van der Waals surface area contributed by atoms with E-state index in [1.807, 2.05) is 0 Å². The van der Waals surface area contributed by atoms with Gasteiger partial charge in [-0.3, -0.25) is 0 Å². The predicted molar refractivity (Wildman–Crippen MR) is 55.3 cm³/mol. The van der Waals surface area contributed by atoms with E-state index in [4.69, 9.17) is 9.84 Å². The summed E-state index contributed by atoms with van der Waals surface area (Å²) >= 11 is 0. The van der Waals surface area contributed by atoms with Gasteiger partial charge in [-0.2, -0.15) is 0 Å². The molecule has 16 heavy (non-hydrogen) atoms. The first-order chi connectivity index (χ1) is 7.68. The predicted octanol–water partition coefficient (Wildman–Crippen LogP) is 0.854. The molecule has 0 bridgehead atoms. The molecule has 6 nitrogen and oxygen atoms in total. The quantitative estimate of drug-likeness (QED) is 0.822. The Labute approximate surface area is 93.2 Å². The van der Waals surface area contributed by atoms with Crippen LogP contribution in [-0.4, -0.2) is 38.8 Å². The molecule has 2 heterocycles. The molecule has 0 saturated carbocycles. The summed E-state index contributed by atoms with van der Waals surface area (Å²) in [5.41, 5.74) is 0.637. The summed E-state index contributed by atoms with van der Waals surface area (Å²) in [5, 5.41) is 16.3. The van der Waals surface area contributed by atoms with Crippen LogP contribution < -0.4 is 0 Å². The molecule has 6 heteroatoms. The van der Waals surface area contributed by atoms with Crippen molar-refractivity contribution in [3.63, 3.8) is 0 Å². The van der Waals surface area contributed by atoms with Crippen molar-refractivity contribution in [2.45, 2.75) is 38.8 Å². The largest absolute Gasteiger partial charge is 0.476 e. The van der Waals surface area contributed by atoms with E-state index in [2.05, 4.69) is 10.3 Å². The van der Waals surface area contributed by atoms with Gasteiger partial charge >= 0.3 is 5.97 Å². The van der Waals surface area contributed by atoms with Crippen LogP contribution >= 0.6 is 0 Å². The number of carboxylic acids is 1. The minimum Gasteiger partial charge on any atom is -0.476 e. The van der Waals surface area contributed by atoms with Gasteiger partial charge in [0.2, 0.25) is 0 Å². The molecule has 2 rings (SSSR count). The van der Waals surface area contributed by atoms with E-state index in [0.29, 0.717) is 12.2 Å². The first-order valence-corrected chi connectivity index (χ1v) is 5.43.